The molecule has 112 valence electrons. The molecule has 2 rings (SSSR count). The van der Waals surface area contributed by atoms with Gasteiger partial charge in [0.25, 0.3) is 0 Å². The zero-order chi connectivity index (χ0) is 14.6. The van der Waals surface area contributed by atoms with E-state index in [9.17, 15) is 8.42 Å². The Bertz CT molecular complexity index is 545. The fourth-order valence-electron chi connectivity index (χ4n) is 2.55. The summed E-state index contributed by atoms with van der Waals surface area (Å²) >= 11 is 1.82. The van der Waals surface area contributed by atoms with Crippen LogP contribution in [0, 0.1) is 0 Å². The van der Waals surface area contributed by atoms with Crippen molar-refractivity contribution in [3.8, 4) is 0 Å². The highest BCUT2D eigenvalue weighted by molar-refractivity contribution is 8.00. The van der Waals surface area contributed by atoms with Crippen LogP contribution in [0.4, 0.5) is 0 Å². The van der Waals surface area contributed by atoms with Crippen molar-refractivity contribution in [1.82, 2.24) is 4.72 Å². The number of hydrogen-bond acceptors (Lipinski definition) is 4. The van der Waals surface area contributed by atoms with E-state index < -0.39 is 10.0 Å². The Morgan fingerprint density at radius 3 is 2.90 bits per heavy atom. The predicted octanol–water partition coefficient (Wildman–Crippen LogP) is 2.13. The number of benzene rings is 1. The number of nitrogens with one attached hydrogen (secondary N) is 1. The summed E-state index contributed by atoms with van der Waals surface area (Å²) < 4.78 is 27.6. The SMILES string of the molecule is CCSC1CCCC1NS(=O)(=O)c1cccc(CO)c1. The highest BCUT2D eigenvalue weighted by Crippen LogP contribution is 2.30. The van der Waals surface area contributed by atoms with E-state index in [1.807, 2.05) is 11.8 Å². The van der Waals surface area contributed by atoms with Crippen LogP contribution in [0.1, 0.15) is 31.7 Å². The molecule has 4 nitrogen and oxygen atoms in total. The maximum Gasteiger partial charge on any atom is 0.240 e. The molecule has 2 N–H and O–H groups in total. The zero-order valence-electron chi connectivity index (χ0n) is 11.6. The maximum atomic E-state index is 12.4. The number of rotatable bonds is 6. The van der Waals surface area contributed by atoms with Gasteiger partial charge in [0.15, 0.2) is 0 Å². The number of aliphatic hydroxyl groups is 1. The van der Waals surface area contributed by atoms with Gasteiger partial charge in [-0.1, -0.05) is 25.5 Å². The topological polar surface area (TPSA) is 66.4 Å². The van der Waals surface area contributed by atoms with Crippen molar-refractivity contribution >= 4 is 21.8 Å². The Morgan fingerprint density at radius 2 is 2.20 bits per heavy atom. The first-order chi connectivity index (χ1) is 9.56. The quantitative estimate of drug-likeness (QED) is 0.844. The first-order valence-electron chi connectivity index (χ1n) is 6.90. The minimum absolute atomic E-state index is 0.0164. The molecule has 20 heavy (non-hydrogen) atoms. The van der Waals surface area contributed by atoms with Crippen molar-refractivity contribution in [2.24, 2.45) is 0 Å². The minimum Gasteiger partial charge on any atom is -0.392 e. The van der Waals surface area contributed by atoms with Gasteiger partial charge in [-0.3, -0.25) is 0 Å². The lowest BCUT2D eigenvalue weighted by atomic mass is 10.2. The van der Waals surface area contributed by atoms with Gasteiger partial charge in [0, 0.05) is 11.3 Å². The van der Waals surface area contributed by atoms with E-state index in [-0.39, 0.29) is 17.5 Å². The molecular formula is C14H21NO3S2. The van der Waals surface area contributed by atoms with Gasteiger partial charge in [-0.2, -0.15) is 11.8 Å². The minimum atomic E-state index is -3.50. The van der Waals surface area contributed by atoms with Crippen molar-refractivity contribution in [3.05, 3.63) is 29.8 Å². The molecule has 2 unspecified atom stereocenters. The molecule has 1 aliphatic rings. The fourth-order valence-corrected chi connectivity index (χ4v) is 5.22. The summed E-state index contributed by atoms with van der Waals surface area (Å²) in [6, 6.07) is 6.48. The fraction of sp³-hybridized carbons (Fsp3) is 0.571. The summed E-state index contributed by atoms with van der Waals surface area (Å²) in [4.78, 5) is 0.233. The third kappa shape index (κ3) is 3.75. The smallest absolute Gasteiger partial charge is 0.240 e. The Balaban J connectivity index is 2.14. The standard InChI is InChI=1S/C14H21NO3S2/c1-2-19-14-8-4-7-13(14)15-20(17,18)12-6-3-5-11(9-12)10-16/h3,5-6,9,13-16H,2,4,7-8,10H2,1H3. The summed E-state index contributed by atoms with van der Waals surface area (Å²) in [5.74, 6) is 1.00. The van der Waals surface area contributed by atoms with Crippen LogP contribution in [0.25, 0.3) is 0 Å². The number of aliphatic hydroxyl groups excluding tert-OH is 1. The van der Waals surface area contributed by atoms with Gasteiger partial charge in [0.1, 0.15) is 0 Å². The molecule has 1 saturated carbocycles. The third-order valence-electron chi connectivity index (χ3n) is 3.53. The van der Waals surface area contributed by atoms with Gasteiger partial charge in [-0.25, -0.2) is 13.1 Å². The van der Waals surface area contributed by atoms with Gasteiger partial charge in [0.2, 0.25) is 10.0 Å². The second kappa shape index (κ2) is 6.93. The van der Waals surface area contributed by atoms with Gasteiger partial charge < -0.3 is 5.11 Å². The first-order valence-corrected chi connectivity index (χ1v) is 9.43. The van der Waals surface area contributed by atoms with Crippen LogP contribution in [0.15, 0.2) is 29.2 Å². The second-order valence-electron chi connectivity index (χ2n) is 4.96. The lowest BCUT2D eigenvalue weighted by molar-refractivity contribution is 0.281. The summed E-state index contributed by atoms with van der Waals surface area (Å²) in [6.07, 6.45) is 3.04. The Hall–Kier alpha value is -0.560. The van der Waals surface area contributed by atoms with E-state index in [0.717, 1.165) is 25.0 Å². The van der Waals surface area contributed by atoms with Crippen molar-refractivity contribution in [1.29, 1.82) is 0 Å². The van der Waals surface area contributed by atoms with Gasteiger partial charge >= 0.3 is 0 Å². The van der Waals surface area contributed by atoms with Crippen LogP contribution in [0.5, 0.6) is 0 Å². The molecule has 0 amide bonds. The molecule has 1 aromatic rings. The van der Waals surface area contributed by atoms with E-state index in [4.69, 9.17) is 5.11 Å². The molecule has 0 aromatic heterocycles. The zero-order valence-corrected chi connectivity index (χ0v) is 13.2. The van der Waals surface area contributed by atoms with Crippen molar-refractivity contribution in [3.63, 3.8) is 0 Å². The molecule has 0 heterocycles. The largest absolute Gasteiger partial charge is 0.392 e. The van der Waals surface area contributed by atoms with E-state index in [0.29, 0.717) is 10.8 Å². The molecule has 6 heteroatoms. The summed E-state index contributed by atoms with van der Waals surface area (Å²) in [6.45, 7) is 1.94. The molecule has 0 saturated heterocycles. The second-order valence-corrected chi connectivity index (χ2v) is 8.19. The van der Waals surface area contributed by atoms with Crippen LogP contribution in [-0.4, -0.2) is 30.6 Å². The molecule has 0 bridgehead atoms. The first kappa shape index (κ1) is 15.8. The van der Waals surface area contributed by atoms with Crippen LogP contribution in [-0.2, 0) is 16.6 Å². The molecular weight excluding hydrogens is 294 g/mol. The summed E-state index contributed by atoms with van der Waals surface area (Å²) in [7, 11) is -3.50. The Morgan fingerprint density at radius 1 is 1.40 bits per heavy atom. The lowest BCUT2D eigenvalue weighted by Gasteiger charge is -2.20. The molecule has 0 radical (unpaired) electrons. The van der Waals surface area contributed by atoms with E-state index in [2.05, 4.69) is 11.6 Å². The Kier molecular flexibility index (Phi) is 5.49. The van der Waals surface area contributed by atoms with Gasteiger partial charge in [-0.05, 0) is 36.3 Å². The van der Waals surface area contributed by atoms with Gasteiger partial charge in [0.05, 0.1) is 11.5 Å². The van der Waals surface area contributed by atoms with Gasteiger partial charge in [-0.15, -0.1) is 0 Å². The summed E-state index contributed by atoms with van der Waals surface area (Å²) in [5.41, 5.74) is 0.610. The number of sulfonamides is 1. The average Bonchev–Trinajstić information content (AvgIpc) is 2.86. The Labute approximate surface area is 125 Å². The predicted molar refractivity (Wildman–Crippen MR) is 82.2 cm³/mol. The molecule has 1 aliphatic carbocycles. The summed E-state index contributed by atoms with van der Waals surface area (Å²) in [5, 5.41) is 9.48. The van der Waals surface area contributed by atoms with Crippen LogP contribution in [0.2, 0.25) is 0 Å². The van der Waals surface area contributed by atoms with Crippen molar-refractivity contribution < 1.29 is 13.5 Å². The monoisotopic (exact) mass is 315 g/mol. The molecule has 1 aromatic carbocycles. The van der Waals surface area contributed by atoms with Crippen LogP contribution in [0.3, 0.4) is 0 Å². The molecule has 0 aliphatic heterocycles. The van der Waals surface area contributed by atoms with Crippen molar-refractivity contribution in [2.75, 3.05) is 5.75 Å². The third-order valence-corrected chi connectivity index (χ3v) is 6.34. The number of thioether (sulfide) groups is 1. The van der Waals surface area contributed by atoms with E-state index in [1.54, 1.807) is 18.2 Å². The molecule has 1 fully saturated rings. The highest BCUT2D eigenvalue weighted by Gasteiger charge is 2.31. The van der Waals surface area contributed by atoms with Crippen molar-refractivity contribution in [2.45, 2.75) is 49.0 Å². The van der Waals surface area contributed by atoms with E-state index in [1.165, 1.54) is 6.07 Å². The number of hydrogen-bond donors (Lipinski definition) is 2. The molecule has 2 atom stereocenters. The van der Waals surface area contributed by atoms with Crippen LogP contribution >= 0.6 is 11.8 Å². The highest BCUT2D eigenvalue weighted by atomic mass is 32.2. The normalized spacial score (nSPS) is 23.1. The average molecular weight is 315 g/mol. The van der Waals surface area contributed by atoms with Crippen LogP contribution < -0.4 is 4.72 Å². The van der Waals surface area contributed by atoms with E-state index >= 15 is 0 Å². The molecule has 0 spiro atoms. The maximum absolute atomic E-state index is 12.4. The lowest BCUT2D eigenvalue weighted by Crippen LogP contribution is -2.38.